The number of nitrogens with zero attached hydrogens (tertiary/aromatic N) is 1. The molecule has 1 amide bonds. The van der Waals surface area contributed by atoms with Crippen molar-refractivity contribution in [1.29, 1.82) is 0 Å². The number of anilines is 1. The van der Waals surface area contributed by atoms with Crippen molar-refractivity contribution < 1.29 is 23.1 Å². The number of rotatable bonds is 5. The molecule has 2 N–H and O–H groups in total. The van der Waals surface area contributed by atoms with Crippen LogP contribution >= 0.6 is 15.9 Å². The third-order valence-corrected chi connectivity index (χ3v) is 8.49. The van der Waals surface area contributed by atoms with Crippen LogP contribution in [-0.4, -0.2) is 36.3 Å². The number of amides is 1. The standard InChI is InChI=1S/C23H23BrN2O5S/c1-15-13-23(10-2-3-11-23)14-26(15)32(30,31)18-7-4-16(5-8-18)21(27)25-20-9-6-17(24)12-19(20)22(28)29/h4-9,12-13H,2-3,10-11,14H2,1H3,(H,25,27)(H,28,29). The minimum absolute atomic E-state index is 0.0518. The van der Waals surface area contributed by atoms with Crippen LogP contribution in [-0.2, 0) is 10.0 Å². The van der Waals surface area contributed by atoms with E-state index < -0.39 is 21.9 Å². The van der Waals surface area contributed by atoms with Gasteiger partial charge in [0.15, 0.2) is 0 Å². The van der Waals surface area contributed by atoms with Crippen LogP contribution in [0.15, 0.2) is 63.6 Å². The lowest BCUT2D eigenvalue weighted by Gasteiger charge is -2.25. The van der Waals surface area contributed by atoms with Crippen LogP contribution in [0.5, 0.6) is 0 Å². The van der Waals surface area contributed by atoms with Gasteiger partial charge in [-0.3, -0.25) is 9.10 Å². The summed E-state index contributed by atoms with van der Waals surface area (Å²) in [5.41, 5.74) is 1.02. The van der Waals surface area contributed by atoms with Gasteiger partial charge in [0.05, 0.1) is 16.1 Å². The number of carboxylic acid groups (broad SMARTS) is 1. The molecule has 2 aromatic carbocycles. The van der Waals surface area contributed by atoms with E-state index in [-0.39, 0.29) is 27.1 Å². The number of carbonyl (C=O) groups is 2. The molecule has 1 aliphatic heterocycles. The third-order valence-electron chi connectivity index (χ3n) is 6.13. The summed E-state index contributed by atoms with van der Waals surface area (Å²) >= 11 is 3.21. The predicted molar refractivity (Wildman–Crippen MR) is 124 cm³/mol. The molecule has 0 unspecified atom stereocenters. The molecule has 0 atom stereocenters. The molecule has 168 valence electrons. The second kappa shape index (κ2) is 8.37. The van der Waals surface area contributed by atoms with Crippen molar-refractivity contribution in [1.82, 2.24) is 4.31 Å². The number of nitrogens with one attached hydrogen (secondary N) is 1. The van der Waals surface area contributed by atoms with Gasteiger partial charge in [0.25, 0.3) is 15.9 Å². The van der Waals surface area contributed by atoms with Gasteiger partial charge >= 0.3 is 5.97 Å². The van der Waals surface area contributed by atoms with Crippen molar-refractivity contribution in [3.8, 4) is 0 Å². The van der Waals surface area contributed by atoms with Gasteiger partial charge in [-0.2, -0.15) is 0 Å². The Morgan fingerprint density at radius 2 is 1.75 bits per heavy atom. The third kappa shape index (κ3) is 4.19. The zero-order chi connectivity index (χ0) is 23.1. The van der Waals surface area contributed by atoms with Crippen molar-refractivity contribution >= 4 is 43.5 Å². The molecule has 1 saturated carbocycles. The predicted octanol–water partition coefficient (Wildman–Crippen LogP) is 4.87. The summed E-state index contributed by atoms with van der Waals surface area (Å²) in [7, 11) is -3.72. The molecule has 9 heteroatoms. The zero-order valence-corrected chi connectivity index (χ0v) is 19.9. The quantitative estimate of drug-likeness (QED) is 0.587. The van der Waals surface area contributed by atoms with Crippen molar-refractivity contribution in [3.63, 3.8) is 0 Å². The van der Waals surface area contributed by atoms with E-state index in [0.29, 0.717) is 11.0 Å². The van der Waals surface area contributed by atoms with Crippen LogP contribution in [0.3, 0.4) is 0 Å². The Hall–Kier alpha value is -2.65. The Labute approximate surface area is 195 Å². The molecule has 1 spiro atoms. The molecule has 4 rings (SSSR count). The van der Waals surface area contributed by atoms with Crippen LogP contribution in [0.25, 0.3) is 0 Å². The summed E-state index contributed by atoms with van der Waals surface area (Å²) in [5, 5.41) is 11.9. The largest absolute Gasteiger partial charge is 0.478 e. The van der Waals surface area contributed by atoms with Crippen LogP contribution < -0.4 is 5.32 Å². The normalized spacial score (nSPS) is 17.4. The summed E-state index contributed by atoms with van der Waals surface area (Å²) < 4.78 is 28.5. The summed E-state index contributed by atoms with van der Waals surface area (Å²) in [5.74, 6) is -1.70. The van der Waals surface area contributed by atoms with Gasteiger partial charge in [0.1, 0.15) is 0 Å². The topological polar surface area (TPSA) is 104 Å². The average Bonchev–Trinajstić information content (AvgIpc) is 3.35. The van der Waals surface area contributed by atoms with Gasteiger partial charge in [-0.15, -0.1) is 0 Å². The molecule has 2 aliphatic rings. The van der Waals surface area contributed by atoms with Crippen molar-refractivity contribution in [2.75, 3.05) is 11.9 Å². The van der Waals surface area contributed by atoms with Crippen LogP contribution in [0, 0.1) is 5.41 Å². The highest BCUT2D eigenvalue weighted by Crippen LogP contribution is 2.46. The van der Waals surface area contributed by atoms with Gasteiger partial charge in [-0.05, 0) is 62.2 Å². The van der Waals surface area contributed by atoms with Crippen LogP contribution in [0.2, 0.25) is 0 Å². The van der Waals surface area contributed by atoms with E-state index in [1.165, 1.54) is 40.7 Å². The molecule has 0 bridgehead atoms. The molecule has 7 nitrogen and oxygen atoms in total. The first-order valence-corrected chi connectivity index (χ1v) is 12.5. The molecule has 0 radical (unpaired) electrons. The Morgan fingerprint density at radius 1 is 1.09 bits per heavy atom. The minimum Gasteiger partial charge on any atom is -0.478 e. The fourth-order valence-electron chi connectivity index (χ4n) is 4.53. The Morgan fingerprint density at radius 3 is 2.38 bits per heavy atom. The lowest BCUT2D eigenvalue weighted by atomic mass is 9.88. The fraction of sp³-hybridized carbons (Fsp3) is 0.304. The van der Waals surface area contributed by atoms with Crippen molar-refractivity contribution in [3.05, 3.63) is 69.8 Å². The van der Waals surface area contributed by atoms with E-state index in [0.717, 1.165) is 31.4 Å². The lowest BCUT2D eigenvalue weighted by molar-refractivity contribution is 0.0698. The van der Waals surface area contributed by atoms with Crippen molar-refractivity contribution in [2.45, 2.75) is 37.5 Å². The molecule has 1 heterocycles. The van der Waals surface area contributed by atoms with E-state index >= 15 is 0 Å². The molecular formula is C23H23BrN2O5S. The first-order chi connectivity index (χ1) is 15.1. The number of carbonyl (C=O) groups excluding carboxylic acids is 1. The maximum absolute atomic E-state index is 13.2. The van der Waals surface area contributed by atoms with Gasteiger partial charge in [-0.1, -0.05) is 34.8 Å². The zero-order valence-electron chi connectivity index (χ0n) is 17.5. The Balaban J connectivity index is 1.53. The fourth-order valence-corrected chi connectivity index (χ4v) is 6.48. The summed E-state index contributed by atoms with van der Waals surface area (Å²) in [4.78, 5) is 24.2. The number of halogens is 1. The molecule has 0 saturated heterocycles. The second-order valence-corrected chi connectivity index (χ2v) is 11.1. The van der Waals surface area contributed by atoms with E-state index in [2.05, 4.69) is 27.3 Å². The number of benzene rings is 2. The van der Waals surface area contributed by atoms with E-state index in [4.69, 9.17) is 0 Å². The number of sulfonamides is 1. The molecule has 0 aromatic heterocycles. The van der Waals surface area contributed by atoms with Gasteiger partial charge in [0.2, 0.25) is 0 Å². The number of allylic oxidation sites excluding steroid dienone is 1. The van der Waals surface area contributed by atoms with E-state index in [1.807, 2.05) is 6.92 Å². The first kappa shape index (κ1) is 22.5. The maximum atomic E-state index is 13.2. The molecule has 2 aromatic rings. The van der Waals surface area contributed by atoms with Crippen LogP contribution in [0.1, 0.15) is 53.3 Å². The molecule has 1 aliphatic carbocycles. The number of aromatic carboxylic acids is 1. The van der Waals surface area contributed by atoms with Gasteiger partial charge in [0, 0.05) is 27.7 Å². The minimum atomic E-state index is -3.72. The summed E-state index contributed by atoms with van der Waals surface area (Å²) in [6.45, 7) is 2.29. The average molecular weight is 519 g/mol. The smallest absolute Gasteiger partial charge is 0.337 e. The number of carboxylic acids is 1. The molecular weight excluding hydrogens is 496 g/mol. The number of hydrogen-bond donors (Lipinski definition) is 2. The SMILES string of the molecule is CC1=CC2(CCCC2)CN1S(=O)(=O)c1ccc(C(=O)Nc2ccc(Br)cc2C(=O)O)cc1. The highest BCUT2D eigenvalue weighted by atomic mass is 79.9. The number of hydrogen-bond acceptors (Lipinski definition) is 4. The van der Waals surface area contributed by atoms with Crippen LogP contribution in [0.4, 0.5) is 5.69 Å². The van der Waals surface area contributed by atoms with Crippen molar-refractivity contribution in [2.24, 2.45) is 5.41 Å². The van der Waals surface area contributed by atoms with Gasteiger partial charge in [-0.25, -0.2) is 13.2 Å². The lowest BCUT2D eigenvalue weighted by Crippen LogP contribution is -2.32. The molecule has 32 heavy (non-hydrogen) atoms. The molecule has 1 fully saturated rings. The summed E-state index contributed by atoms with van der Waals surface area (Å²) in [6, 6.07) is 10.2. The van der Waals surface area contributed by atoms with Gasteiger partial charge < -0.3 is 10.4 Å². The highest BCUT2D eigenvalue weighted by Gasteiger charge is 2.42. The summed E-state index contributed by atoms with van der Waals surface area (Å²) in [6.07, 6.45) is 6.33. The Kier molecular flexibility index (Phi) is 5.89. The monoisotopic (exact) mass is 518 g/mol. The maximum Gasteiger partial charge on any atom is 0.337 e. The van der Waals surface area contributed by atoms with E-state index in [9.17, 15) is 23.1 Å². The highest BCUT2D eigenvalue weighted by molar-refractivity contribution is 9.10. The van der Waals surface area contributed by atoms with E-state index in [1.54, 1.807) is 6.07 Å². The second-order valence-electron chi connectivity index (χ2n) is 8.34. The Bertz CT molecular complexity index is 1220. The first-order valence-electron chi connectivity index (χ1n) is 10.3.